The summed E-state index contributed by atoms with van der Waals surface area (Å²) in [5, 5.41) is 6.25. The van der Waals surface area contributed by atoms with Gasteiger partial charge in [-0.05, 0) is 87.2 Å². The van der Waals surface area contributed by atoms with Crippen LogP contribution in [0.15, 0.2) is 66.7 Å². The summed E-state index contributed by atoms with van der Waals surface area (Å²) >= 11 is 6.12. The Labute approximate surface area is 159 Å². The lowest BCUT2D eigenvalue weighted by molar-refractivity contribution is 0.593. The molecule has 0 bridgehead atoms. The van der Waals surface area contributed by atoms with Crippen LogP contribution in [0.4, 0.5) is 0 Å². The number of fused-ring (bicyclic) bond motifs is 5. The summed E-state index contributed by atoms with van der Waals surface area (Å²) in [7, 11) is 0. The third kappa shape index (κ3) is 2.44. The Morgan fingerprint density at radius 3 is 2.35 bits per heavy atom. The highest BCUT2D eigenvalue weighted by Gasteiger charge is 2.20. The third-order valence-electron chi connectivity index (χ3n) is 5.94. The van der Waals surface area contributed by atoms with Gasteiger partial charge in [0.15, 0.2) is 0 Å². The summed E-state index contributed by atoms with van der Waals surface area (Å²) in [5.41, 5.74) is 5.63. The van der Waals surface area contributed by atoms with Crippen LogP contribution in [0.5, 0.6) is 0 Å². The Balaban J connectivity index is 1.90. The van der Waals surface area contributed by atoms with Crippen molar-refractivity contribution < 1.29 is 0 Å². The fourth-order valence-corrected chi connectivity index (χ4v) is 4.73. The SMILES string of the molecule is CC1CCCc2c1ccc1c2cc(-c2ccc(Cl)cc2)c2ccccc21. The van der Waals surface area contributed by atoms with Gasteiger partial charge in [-0.25, -0.2) is 0 Å². The van der Waals surface area contributed by atoms with E-state index in [-0.39, 0.29) is 0 Å². The molecule has 0 aliphatic heterocycles. The van der Waals surface area contributed by atoms with Gasteiger partial charge in [-0.2, -0.15) is 0 Å². The molecule has 0 nitrogen and oxygen atoms in total. The minimum absolute atomic E-state index is 0.661. The van der Waals surface area contributed by atoms with E-state index in [1.807, 2.05) is 12.1 Å². The molecule has 0 saturated heterocycles. The predicted octanol–water partition coefficient (Wildman–Crippen LogP) is 7.75. The topological polar surface area (TPSA) is 0 Å². The molecule has 5 rings (SSSR count). The van der Waals surface area contributed by atoms with E-state index in [1.54, 1.807) is 11.1 Å². The largest absolute Gasteiger partial charge is 0.0843 e. The van der Waals surface area contributed by atoms with Gasteiger partial charge in [0.05, 0.1) is 0 Å². The zero-order chi connectivity index (χ0) is 17.7. The number of halogens is 1. The summed E-state index contributed by atoms with van der Waals surface area (Å²) in [6.07, 6.45) is 3.78. The zero-order valence-corrected chi connectivity index (χ0v) is 15.7. The lowest BCUT2D eigenvalue weighted by atomic mass is 9.80. The van der Waals surface area contributed by atoms with Crippen molar-refractivity contribution in [3.05, 3.63) is 82.9 Å². The highest BCUT2D eigenvalue weighted by molar-refractivity contribution is 6.30. The average Bonchev–Trinajstić information content (AvgIpc) is 2.68. The van der Waals surface area contributed by atoms with E-state index in [9.17, 15) is 0 Å². The Kier molecular flexibility index (Phi) is 3.76. The van der Waals surface area contributed by atoms with Gasteiger partial charge in [0, 0.05) is 5.02 Å². The van der Waals surface area contributed by atoms with Gasteiger partial charge >= 0.3 is 0 Å². The maximum atomic E-state index is 6.12. The quantitative estimate of drug-likeness (QED) is 0.306. The van der Waals surface area contributed by atoms with Gasteiger partial charge in [0.25, 0.3) is 0 Å². The van der Waals surface area contributed by atoms with Crippen molar-refractivity contribution in [3.63, 3.8) is 0 Å². The minimum atomic E-state index is 0.661. The van der Waals surface area contributed by atoms with E-state index in [0.29, 0.717) is 5.92 Å². The standard InChI is InChI=1S/C25H21Cl/c1-16-5-4-8-20-19(16)13-14-23-21-6-2-3-7-22(21)24(15-25(20)23)17-9-11-18(26)12-10-17/h2-3,6-7,9-16H,4-5,8H2,1H3. The fourth-order valence-electron chi connectivity index (χ4n) is 4.61. The number of hydrogen-bond acceptors (Lipinski definition) is 0. The summed E-state index contributed by atoms with van der Waals surface area (Å²) < 4.78 is 0. The maximum Gasteiger partial charge on any atom is 0.0406 e. The van der Waals surface area contributed by atoms with Crippen molar-refractivity contribution in [1.82, 2.24) is 0 Å². The van der Waals surface area contributed by atoms with Crippen LogP contribution >= 0.6 is 11.6 Å². The van der Waals surface area contributed by atoms with Crippen LogP contribution in [0, 0.1) is 0 Å². The van der Waals surface area contributed by atoms with E-state index in [0.717, 1.165) is 5.02 Å². The Bertz CT molecular complexity index is 1120. The van der Waals surface area contributed by atoms with E-state index in [1.165, 1.54) is 51.9 Å². The van der Waals surface area contributed by atoms with E-state index in [4.69, 9.17) is 11.6 Å². The minimum Gasteiger partial charge on any atom is -0.0843 e. The average molecular weight is 357 g/mol. The first-order chi connectivity index (χ1) is 12.7. The molecule has 1 unspecified atom stereocenters. The molecule has 26 heavy (non-hydrogen) atoms. The molecule has 1 aliphatic carbocycles. The first-order valence-electron chi connectivity index (χ1n) is 9.45. The molecule has 0 spiro atoms. The molecular formula is C25H21Cl. The van der Waals surface area contributed by atoms with E-state index >= 15 is 0 Å². The predicted molar refractivity (Wildman–Crippen MR) is 113 cm³/mol. The van der Waals surface area contributed by atoms with Gasteiger partial charge in [-0.3, -0.25) is 0 Å². The second kappa shape index (κ2) is 6.14. The van der Waals surface area contributed by atoms with Crippen molar-refractivity contribution >= 4 is 33.1 Å². The highest BCUT2D eigenvalue weighted by atomic mass is 35.5. The summed E-state index contributed by atoms with van der Waals surface area (Å²) in [6, 6.07) is 24.1. The second-order valence-electron chi connectivity index (χ2n) is 7.50. The van der Waals surface area contributed by atoms with Crippen molar-refractivity contribution in [1.29, 1.82) is 0 Å². The zero-order valence-electron chi connectivity index (χ0n) is 14.9. The van der Waals surface area contributed by atoms with Crippen molar-refractivity contribution in [2.24, 2.45) is 0 Å². The third-order valence-corrected chi connectivity index (χ3v) is 6.19. The molecule has 0 heterocycles. The smallest absolute Gasteiger partial charge is 0.0406 e. The van der Waals surface area contributed by atoms with Crippen molar-refractivity contribution in [2.75, 3.05) is 0 Å². The number of benzene rings is 4. The van der Waals surface area contributed by atoms with Crippen molar-refractivity contribution in [2.45, 2.75) is 32.1 Å². The fraction of sp³-hybridized carbons (Fsp3) is 0.200. The molecule has 0 fully saturated rings. The van der Waals surface area contributed by atoms with Crippen molar-refractivity contribution in [3.8, 4) is 11.1 Å². The number of hydrogen-bond donors (Lipinski definition) is 0. The molecule has 0 N–H and O–H groups in total. The van der Waals surface area contributed by atoms with Crippen LogP contribution in [-0.4, -0.2) is 0 Å². The molecule has 4 aromatic carbocycles. The molecule has 4 aromatic rings. The Morgan fingerprint density at radius 1 is 0.808 bits per heavy atom. The maximum absolute atomic E-state index is 6.12. The first kappa shape index (κ1) is 15.9. The highest BCUT2D eigenvalue weighted by Crippen LogP contribution is 2.41. The van der Waals surface area contributed by atoms with Gasteiger partial charge in [-0.1, -0.05) is 67.1 Å². The summed E-state index contributed by atoms with van der Waals surface area (Å²) in [5.74, 6) is 0.661. The summed E-state index contributed by atoms with van der Waals surface area (Å²) in [6.45, 7) is 2.37. The molecular weight excluding hydrogens is 336 g/mol. The van der Waals surface area contributed by atoms with Gasteiger partial charge in [-0.15, -0.1) is 0 Å². The van der Waals surface area contributed by atoms with Gasteiger partial charge in [0.2, 0.25) is 0 Å². The normalized spacial score (nSPS) is 16.8. The van der Waals surface area contributed by atoms with Gasteiger partial charge < -0.3 is 0 Å². The molecule has 128 valence electrons. The summed E-state index contributed by atoms with van der Waals surface area (Å²) in [4.78, 5) is 0. The molecule has 0 amide bonds. The van der Waals surface area contributed by atoms with Crippen LogP contribution in [-0.2, 0) is 6.42 Å². The molecule has 1 aliphatic rings. The van der Waals surface area contributed by atoms with E-state index < -0.39 is 0 Å². The van der Waals surface area contributed by atoms with Crippen LogP contribution < -0.4 is 0 Å². The van der Waals surface area contributed by atoms with Crippen LogP contribution in [0.1, 0.15) is 36.8 Å². The lowest BCUT2D eigenvalue weighted by Crippen LogP contribution is -2.07. The number of aryl methyl sites for hydroxylation is 1. The molecule has 0 aromatic heterocycles. The monoisotopic (exact) mass is 356 g/mol. The van der Waals surface area contributed by atoms with E-state index in [2.05, 4.69) is 61.5 Å². The second-order valence-corrected chi connectivity index (χ2v) is 7.93. The molecule has 1 heteroatoms. The molecule has 1 atom stereocenters. The Hall–Kier alpha value is -2.31. The van der Waals surface area contributed by atoms with Crippen LogP contribution in [0.3, 0.4) is 0 Å². The van der Waals surface area contributed by atoms with Crippen LogP contribution in [0.2, 0.25) is 5.02 Å². The lowest BCUT2D eigenvalue weighted by Gasteiger charge is -2.25. The van der Waals surface area contributed by atoms with Gasteiger partial charge in [0.1, 0.15) is 0 Å². The molecule has 0 saturated carbocycles. The number of rotatable bonds is 1. The Morgan fingerprint density at radius 2 is 1.54 bits per heavy atom. The molecule has 0 radical (unpaired) electrons. The van der Waals surface area contributed by atoms with Crippen LogP contribution in [0.25, 0.3) is 32.7 Å². The first-order valence-corrected chi connectivity index (χ1v) is 9.83.